The van der Waals surface area contributed by atoms with Gasteiger partial charge in [0.2, 0.25) is 0 Å². The Kier molecular flexibility index (Phi) is 5.14. The van der Waals surface area contributed by atoms with Gasteiger partial charge < -0.3 is 9.88 Å². The zero-order valence-corrected chi connectivity index (χ0v) is 11.2. The number of halogens is 3. The molecule has 0 aliphatic carbocycles. The van der Waals surface area contributed by atoms with E-state index in [0.29, 0.717) is 0 Å². The summed E-state index contributed by atoms with van der Waals surface area (Å²) in [6.07, 6.45) is 1.88. The van der Waals surface area contributed by atoms with Crippen LogP contribution in [0.4, 0.5) is 4.39 Å². The molecule has 1 aromatic heterocycles. The molecular formula is C12H14Cl2FN3. The van der Waals surface area contributed by atoms with Crippen LogP contribution in [0, 0.1) is 5.82 Å². The second-order valence-electron chi connectivity index (χ2n) is 3.91. The molecule has 0 amide bonds. The first-order valence-electron chi connectivity index (χ1n) is 5.35. The molecule has 0 unspecified atom stereocenters. The summed E-state index contributed by atoms with van der Waals surface area (Å²) in [4.78, 5) is 4.40. The number of hydrogen-bond acceptors (Lipinski definition) is 2. The third kappa shape index (κ3) is 2.66. The Balaban J connectivity index is 0.000000810. The largest absolute Gasteiger partial charge is 0.326 e. The highest BCUT2D eigenvalue weighted by molar-refractivity contribution is 5.85. The van der Waals surface area contributed by atoms with Crippen LogP contribution in [-0.2, 0) is 13.1 Å². The van der Waals surface area contributed by atoms with Crippen LogP contribution in [0.25, 0.3) is 11.4 Å². The Morgan fingerprint density at radius 3 is 2.61 bits per heavy atom. The number of rotatable bonds is 1. The molecule has 2 aromatic rings. The molecular weight excluding hydrogens is 276 g/mol. The first kappa shape index (κ1) is 15.0. The van der Waals surface area contributed by atoms with Gasteiger partial charge in [0, 0.05) is 25.2 Å². The van der Waals surface area contributed by atoms with Gasteiger partial charge in [0.1, 0.15) is 11.6 Å². The molecule has 2 heterocycles. The maximum atomic E-state index is 12.8. The Labute approximate surface area is 117 Å². The molecule has 0 fully saturated rings. The molecule has 1 aliphatic heterocycles. The topological polar surface area (TPSA) is 29.9 Å². The molecule has 6 heteroatoms. The lowest BCUT2D eigenvalue weighted by Crippen LogP contribution is -2.27. The van der Waals surface area contributed by atoms with Crippen LogP contribution < -0.4 is 5.32 Å². The zero-order chi connectivity index (χ0) is 11.0. The second kappa shape index (κ2) is 6.18. The van der Waals surface area contributed by atoms with E-state index >= 15 is 0 Å². The van der Waals surface area contributed by atoms with Gasteiger partial charge in [0.25, 0.3) is 0 Å². The average molecular weight is 290 g/mol. The van der Waals surface area contributed by atoms with E-state index in [-0.39, 0.29) is 30.6 Å². The van der Waals surface area contributed by atoms with Gasteiger partial charge >= 0.3 is 0 Å². The van der Waals surface area contributed by atoms with Gasteiger partial charge in [-0.15, -0.1) is 24.8 Å². The fourth-order valence-corrected chi connectivity index (χ4v) is 2.04. The van der Waals surface area contributed by atoms with Crippen LogP contribution >= 0.6 is 24.8 Å². The van der Waals surface area contributed by atoms with E-state index < -0.39 is 0 Å². The summed E-state index contributed by atoms with van der Waals surface area (Å²) >= 11 is 0. The van der Waals surface area contributed by atoms with Gasteiger partial charge in [0.05, 0.1) is 11.9 Å². The highest BCUT2D eigenvalue weighted by Gasteiger charge is 2.14. The first-order chi connectivity index (χ1) is 7.84. The van der Waals surface area contributed by atoms with Crippen molar-refractivity contribution in [3.05, 3.63) is 42.0 Å². The van der Waals surface area contributed by atoms with Crippen molar-refractivity contribution in [2.45, 2.75) is 13.1 Å². The van der Waals surface area contributed by atoms with Gasteiger partial charge in [-0.1, -0.05) is 0 Å². The molecule has 3 nitrogen and oxygen atoms in total. The number of hydrogen-bond donors (Lipinski definition) is 1. The summed E-state index contributed by atoms with van der Waals surface area (Å²) < 4.78 is 15.0. The van der Waals surface area contributed by atoms with E-state index in [0.717, 1.165) is 31.0 Å². The summed E-state index contributed by atoms with van der Waals surface area (Å²) in [5.41, 5.74) is 2.15. The fourth-order valence-electron chi connectivity index (χ4n) is 2.04. The van der Waals surface area contributed by atoms with E-state index in [9.17, 15) is 4.39 Å². The SMILES string of the molecule is Cl.Cl.Fc1ccc(-c2ncc3n2CCNC3)cc1. The minimum atomic E-state index is -0.212. The summed E-state index contributed by atoms with van der Waals surface area (Å²) in [7, 11) is 0. The van der Waals surface area contributed by atoms with Gasteiger partial charge in [-0.05, 0) is 24.3 Å². The molecule has 0 atom stereocenters. The lowest BCUT2D eigenvalue weighted by atomic mass is 10.2. The molecule has 3 rings (SSSR count). The summed E-state index contributed by atoms with van der Waals surface area (Å²) in [6.45, 7) is 2.73. The van der Waals surface area contributed by atoms with E-state index in [1.165, 1.54) is 17.8 Å². The van der Waals surface area contributed by atoms with Gasteiger partial charge in [-0.25, -0.2) is 9.37 Å². The van der Waals surface area contributed by atoms with Crippen molar-refractivity contribution in [3.8, 4) is 11.4 Å². The van der Waals surface area contributed by atoms with Crippen LogP contribution in [0.2, 0.25) is 0 Å². The summed E-state index contributed by atoms with van der Waals surface area (Å²) in [5, 5.41) is 3.29. The fraction of sp³-hybridized carbons (Fsp3) is 0.250. The van der Waals surface area contributed by atoms with Crippen LogP contribution in [0.3, 0.4) is 0 Å². The predicted molar refractivity (Wildman–Crippen MR) is 73.8 cm³/mol. The predicted octanol–water partition coefficient (Wildman–Crippen LogP) is 2.64. The van der Waals surface area contributed by atoms with Gasteiger partial charge in [0.15, 0.2) is 0 Å². The Morgan fingerprint density at radius 1 is 1.17 bits per heavy atom. The molecule has 0 radical (unpaired) electrons. The first-order valence-corrected chi connectivity index (χ1v) is 5.35. The van der Waals surface area contributed by atoms with Crippen LogP contribution in [-0.4, -0.2) is 16.1 Å². The van der Waals surface area contributed by atoms with Crippen LogP contribution in [0.5, 0.6) is 0 Å². The van der Waals surface area contributed by atoms with E-state index in [1.54, 1.807) is 12.1 Å². The number of nitrogens with one attached hydrogen (secondary N) is 1. The molecule has 1 N–H and O–H groups in total. The number of benzene rings is 1. The Morgan fingerprint density at radius 2 is 1.89 bits per heavy atom. The van der Waals surface area contributed by atoms with E-state index in [4.69, 9.17) is 0 Å². The maximum absolute atomic E-state index is 12.8. The van der Waals surface area contributed by atoms with Crippen molar-refractivity contribution < 1.29 is 4.39 Å². The molecule has 1 aliphatic rings. The number of nitrogens with zero attached hydrogens (tertiary/aromatic N) is 2. The number of fused-ring (bicyclic) bond motifs is 1. The smallest absolute Gasteiger partial charge is 0.140 e. The van der Waals surface area contributed by atoms with Crippen molar-refractivity contribution in [1.29, 1.82) is 0 Å². The lowest BCUT2D eigenvalue weighted by Gasteiger charge is -2.17. The Bertz CT molecular complexity index is 511. The van der Waals surface area contributed by atoms with Gasteiger partial charge in [-0.2, -0.15) is 0 Å². The van der Waals surface area contributed by atoms with Crippen molar-refractivity contribution in [1.82, 2.24) is 14.9 Å². The lowest BCUT2D eigenvalue weighted by molar-refractivity contribution is 0.519. The normalized spacial score (nSPS) is 13.2. The quantitative estimate of drug-likeness (QED) is 0.875. The molecule has 0 saturated carbocycles. The van der Waals surface area contributed by atoms with E-state index in [2.05, 4.69) is 14.9 Å². The summed E-state index contributed by atoms with van der Waals surface area (Å²) in [6, 6.07) is 6.48. The standard InChI is InChI=1S/C12H12FN3.2ClH/c13-10-3-1-9(2-4-10)12-15-8-11-7-14-5-6-16(11)12;;/h1-4,8,14H,5-7H2;2*1H. The van der Waals surface area contributed by atoms with Crippen molar-refractivity contribution in [3.63, 3.8) is 0 Å². The average Bonchev–Trinajstić information content (AvgIpc) is 2.74. The van der Waals surface area contributed by atoms with E-state index in [1.807, 2.05) is 6.20 Å². The minimum Gasteiger partial charge on any atom is -0.326 e. The molecule has 0 spiro atoms. The third-order valence-electron chi connectivity index (χ3n) is 2.86. The third-order valence-corrected chi connectivity index (χ3v) is 2.86. The van der Waals surface area contributed by atoms with Crippen LogP contribution in [0.1, 0.15) is 5.69 Å². The molecule has 0 saturated heterocycles. The molecule has 18 heavy (non-hydrogen) atoms. The number of aromatic nitrogens is 2. The second-order valence-corrected chi connectivity index (χ2v) is 3.91. The molecule has 1 aromatic carbocycles. The van der Waals surface area contributed by atoms with Crippen molar-refractivity contribution >= 4 is 24.8 Å². The van der Waals surface area contributed by atoms with Crippen LogP contribution in [0.15, 0.2) is 30.5 Å². The molecule has 0 bridgehead atoms. The number of imidazole rings is 1. The van der Waals surface area contributed by atoms with Gasteiger partial charge in [-0.3, -0.25) is 0 Å². The Hall–Kier alpha value is -1.10. The highest BCUT2D eigenvalue weighted by atomic mass is 35.5. The molecule has 98 valence electrons. The monoisotopic (exact) mass is 289 g/mol. The van der Waals surface area contributed by atoms with Crippen molar-refractivity contribution in [2.75, 3.05) is 6.54 Å². The van der Waals surface area contributed by atoms with Crippen molar-refractivity contribution in [2.24, 2.45) is 0 Å². The zero-order valence-electron chi connectivity index (χ0n) is 9.60. The maximum Gasteiger partial charge on any atom is 0.140 e. The summed E-state index contributed by atoms with van der Waals surface area (Å²) in [5.74, 6) is 0.715. The minimum absolute atomic E-state index is 0. The highest BCUT2D eigenvalue weighted by Crippen LogP contribution is 2.21.